The van der Waals surface area contributed by atoms with Crippen LogP contribution in [0.5, 0.6) is 11.5 Å². The Hall–Kier alpha value is -3.59. The van der Waals surface area contributed by atoms with Crippen LogP contribution in [-0.2, 0) is 21.4 Å². The summed E-state index contributed by atoms with van der Waals surface area (Å²) in [6.45, 7) is -0.303. The van der Waals surface area contributed by atoms with Crippen molar-refractivity contribution in [1.82, 2.24) is 4.90 Å². The average Bonchev–Trinajstić information content (AvgIpc) is 2.82. The van der Waals surface area contributed by atoms with Crippen molar-refractivity contribution in [1.29, 1.82) is 0 Å². The summed E-state index contributed by atoms with van der Waals surface area (Å²) in [5.74, 6) is -0.724. The number of carbonyl (C=O) groups is 1. The van der Waals surface area contributed by atoms with Gasteiger partial charge in [0.2, 0.25) is 5.91 Å². The van der Waals surface area contributed by atoms with Crippen LogP contribution < -0.4 is 13.8 Å². The summed E-state index contributed by atoms with van der Waals surface area (Å²) in [7, 11) is 0.0514. The van der Waals surface area contributed by atoms with Crippen LogP contribution >= 0.6 is 0 Å². The molecule has 0 fully saturated rings. The van der Waals surface area contributed by atoms with E-state index in [0.717, 1.165) is 15.9 Å². The molecule has 0 saturated carbocycles. The first kappa shape index (κ1) is 24.1. The zero-order valence-corrected chi connectivity index (χ0v) is 19.4. The normalized spacial score (nSPS) is 11.0. The van der Waals surface area contributed by atoms with E-state index in [1.54, 1.807) is 7.05 Å². The highest BCUT2D eigenvalue weighted by atomic mass is 32.2. The lowest BCUT2D eigenvalue weighted by Gasteiger charge is -2.27. The molecule has 0 aliphatic carbocycles. The molecule has 0 aromatic heterocycles. The van der Waals surface area contributed by atoms with Gasteiger partial charge in [0.25, 0.3) is 10.0 Å². The number of benzene rings is 3. The van der Waals surface area contributed by atoms with E-state index in [1.165, 1.54) is 55.5 Å². The van der Waals surface area contributed by atoms with Crippen molar-refractivity contribution in [3.05, 3.63) is 84.2 Å². The van der Waals surface area contributed by atoms with Gasteiger partial charge < -0.3 is 14.4 Å². The van der Waals surface area contributed by atoms with Crippen LogP contribution in [0, 0.1) is 5.82 Å². The molecule has 0 heterocycles. The van der Waals surface area contributed by atoms with Crippen LogP contribution in [0.3, 0.4) is 0 Å². The zero-order chi connectivity index (χ0) is 24.0. The number of methoxy groups -OCH3 is 2. The zero-order valence-electron chi connectivity index (χ0n) is 18.6. The molecular weight excluding hydrogens is 447 g/mol. The minimum absolute atomic E-state index is 0.165. The van der Waals surface area contributed by atoms with Gasteiger partial charge in [-0.05, 0) is 29.8 Å². The van der Waals surface area contributed by atoms with Crippen molar-refractivity contribution in [2.24, 2.45) is 0 Å². The third-order valence-electron chi connectivity index (χ3n) is 5.03. The van der Waals surface area contributed by atoms with Crippen LogP contribution in [-0.4, -0.2) is 47.0 Å². The quantitative estimate of drug-likeness (QED) is 0.475. The van der Waals surface area contributed by atoms with Gasteiger partial charge >= 0.3 is 0 Å². The van der Waals surface area contributed by atoms with E-state index in [-0.39, 0.29) is 22.9 Å². The van der Waals surface area contributed by atoms with Crippen LogP contribution in [0.4, 0.5) is 10.1 Å². The lowest BCUT2D eigenvalue weighted by molar-refractivity contribution is -0.128. The summed E-state index contributed by atoms with van der Waals surface area (Å²) in [6, 6.07) is 18.7. The van der Waals surface area contributed by atoms with Crippen molar-refractivity contribution < 1.29 is 27.1 Å². The number of amides is 1. The molecule has 0 radical (unpaired) electrons. The van der Waals surface area contributed by atoms with Crippen molar-refractivity contribution in [2.45, 2.75) is 11.4 Å². The van der Waals surface area contributed by atoms with E-state index in [2.05, 4.69) is 0 Å². The summed E-state index contributed by atoms with van der Waals surface area (Å²) < 4.78 is 52.9. The largest absolute Gasteiger partial charge is 0.493 e. The molecule has 0 spiro atoms. The van der Waals surface area contributed by atoms with Gasteiger partial charge in [0.1, 0.15) is 12.4 Å². The van der Waals surface area contributed by atoms with Gasteiger partial charge in [0, 0.05) is 19.7 Å². The number of hydrogen-bond donors (Lipinski definition) is 0. The number of rotatable bonds is 9. The van der Waals surface area contributed by atoms with E-state index in [0.29, 0.717) is 5.75 Å². The van der Waals surface area contributed by atoms with Crippen molar-refractivity contribution in [3.63, 3.8) is 0 Å². The lowest BCUT2D eigenvalue weighted by atomic mass is 10.2. The molecule has 9 heteroatoms. The summed E-state index contributed by atoms with van der Waals surface area (Å²) in [6.07, 6.45) is 0. The molecule has 3 aromatic carbocycles. The molecule has 0 atom stereocenters. The molecule has 0 saturated heterocycles. The van der Waals surface area contributed by atoms with Gasteiger partial charge in [-0.25, -0.2) is 12.8 Å². The summed E-state index contributed by atoms with van der Waals surface area (Å²) in [4.78, 5) is 14.2. The molecule has 1 amide bonds. The maximum atomic E-state index is 14.7. The Kier molecular flexibility index (Phi) is 7.55. The molecule has 3 rings (SSSR count). The van der Waals surface area contributed by atoms with Crippen LogP contribution in [0.1, 0.15) is 5.56 Å². The third-order valence-corrected chi connectivity index (χ3v) is 6.79. The maximum Gasteiger partial charge on any atom is 0.265 e. The monoisotopic (exact) mass is 472 g/mol. The fourth-order valence-electron chi connectivity index (χ4n) is 3.25. The number of anilines is 1. The second-order valence-corrected chi connectivity index (χ2v) is 9.08. The molecular formula is C24H25FN2O5S. The van der Waals surface area contributed by atoms with Crippen molar-refractivity contribution in [2.75, 3.05) is 32.1 Å². The number of para-hydroxylation sites is 1. The first-order valence-corrected chi connectivity index (χ1v) is 11.5. The van der Waals surface area contributed by atoms with Gasteiger partial charge in [-0.1, -0.05) is 42.5 Å². The van der Waals surface area contributed by atoms with Crippen molar-refractivity contribution >= 4 is 21.6 Å². The van der Waals surface area contributed by atoms with Crippen LogP contribution in [0.25, 0.3) is 0 Å². The Balaban J connectivity index is 1.98. The van der Waals surface area contributed by atoms with Crippen LogP contribution in [0.2, 0.25) is 0 Å². The molecule has 7 nitrogen and oxygen atoms in total. The standard InChI is InChI=1S/C24H25FN2O5S/c1-26(16-18-9-5-4-6-10-18)24(28)17-27(21-12-8-7-11-20(21)25)33(29,30)19-13-14-22(31-2)23(15-19)32-3/h4-15H,16-17H2,1-3H3. The fraction of sp³-hybridized carbons (Fsp3) is 0.208. The molecule has 0 N–H and O–H groups in total. The Bertz CT molecular complexity index is 1220. The molecule has 0 unspecified atom stereocenters. The number of hydrogen-bond acceptors (Lipinski definition) is 5. The SMILES string of the molecule is COc1ccc(S(=O)(=O)N(CC(=O)N(C)Cc2ccccc2)c2ccccc2F)cc1OC. The topological polar surface area (TPSA) is 76.2 Å². The Morgan fingerprint density at radius 3 is 2.18 bits per heavy atom. The van der Waals surface area contributed by atoms with Gasteiger partial charge in [-0.2, -0.15) is 0 Å². The fourth-order valence-corrected chi connectivity index (χ4v) is 4.68. The Morgan fingerprint density at radius 1 is 0.909 bits per heavy atom. The summed E-state index contributed by atoms with van der Waals surface area (Å²) >= 11 is 0. The minimum atomic E-state index is -4.33. The van der Waals surface area contributed by atoms with Gasteiger partial charge in [0.05, 0.1) is 24.8 Å². The molecule has 33 heavy (non-hydrogen) atoms. The van der Waals surface area contributed by atoms with E-state index in [9.17, 15) is 17.6 Å². The maximum absolute atomic E-state index is 14.7. The highest BCUT2D eigenvalue weighted by Crippen LogP contribution is 2.33. The smallest absolute Gasteiger partial charge is 0.265 e. The molecule has 174 valence electrons. The van der Waals surface area contributed by atoms with Gasteiger partial charge in [-0.3, -0.25) is 9.10 Å². The first-order valence-electron chi connectivity index (χ1n) is 10.0. The predicted molar refractivity (Wildman–Crippen MR) is 123 cm³/mol. The summed E-state index contributed by atoms with van der Waals surface area (Å²) in [5, 5.41) is 0. The summed E-state index contributed by atoms with van der Waals surface area (Å²) in [5.41, 5.74) is 0.655. The molecule has 0 aliphatic rings. The van der Waals surface area contributed by atoms with E-state index < -0.39 is 28.3 Å². The molecule has 0 aliphatic heterocycles. The Labute approximate surface area is 193 Å². The second-order valence-electron chi connectivity index (χ2n) is 7.22. The van der Waals surface area contributed by atoms with Crippen LogP contribution in [0.15, 0.2) is 77.7 Å². The second kappa shape index (κ2) is 10.4. The van der Waals surface area contributed by atoms with E-state index in [4.69, 9.17) is 9.47 Å². The highest BCUT2D eigenvalue weighted by Gasteiger charge is 2.31. The predicted octanol–water partition coefficient (Wildman–Crippen LogP) is 3.70. The number of ether oxygens (including phenoxy) is 2. The number of carbonyl (C=O) groups excluding carboxylic acids is 1. The average molecular weight is 473 g/mol. The number of likely N-dealkylation sites (N-methyl/N-ethyl adjacent to an activating group) is 1. The molecule has 0 bridgehead atoms. The van der Waals surface area contributed by atoms with Gasteiger partial charge in [-0.15, -0.1) is 0 Å². The van der Waals surface area contributed by atoms with Crippen molar-refractivity contribution in [3.8, 4) is 11.5 Å². The lowest BCUT2D eigenvalue weighted by Crippen LogP contribution is -2.41. The van der Waals surface area contributed by atoms with E-state index in [1.807, 2.05) is 30.3 Å². The Morgan fingerprint density at radius 2 is 1.55 bits per heavy atom. The number of halogens is 1. The van der Waals surface area contributed by atoms with E-state index >= 15 is 0 Å². The third kappa shape index (κ3) is 5.43. The first-order chi connectivity index (χ1) is 15.8. The van der Waals surface area contributed by atoms with Gasteiger partial charge in [0.15, 0.2) is 11.5 Å². The minimum Gasteiger partial charge on any atom is -0.493 e. The number of sulfonamides is 1. The number of nitrogens with zero attached hydrogens (tertiary/aromatic N) is 2. The highest BCUT2D eigenvalue weighted by molar-refractivity contribution is 7.92. The molecule has 3 aromatic rings.